The van der Waals surface area contributed by atoms with Gasteiger partial charge in [-0.05, 0) is 37.5 Å². The van der Waals surface area contributed by atoms with E-state index in [1.54, 1.807) is 0 Å². The predicted octanol–water partition coefficient (Wildman–Crippen LogP) is 3.33. The second kappa shape index (κ2) is 6.98. The Morgan fingerprint density at radius 1 is 1.24 bits per heavy atom. The quantitative estimate of drug-likeness (QED) is 0.605. The number of nitrogens with zero attached hydrogens (tertiary/aromatic N) is 1. The molecule has 1 atom stereocenters. The fourth-order valence-corrected chi connectivity index (χ4v) is 3.03. The maximum atomic E-state index is 6.08. The van der Waals surface area contributed by atoms with Crippen LogP contribution >= 0.6 is 0 Å². The summed E-state index contributed by atoms with van der Waals surface area (Å²) in [6.07, 6.45) is 3.67. The van der Waals surface area contributed by atoms with E-state index in [2.05, 4.69) is 36.4 Å². The van der Waals surface area contributed by atoms with Crippen LogP contribution in [0.5, 0.6) is 0 Å². The summed E-state index contributed by atoms with van der Waals surface area (Å²) in [5.41, 5.74) is 4.69. The fraction of sp³-hybridized carbons (Fsp3) is 0.471. The second-order valence-electron chi connectivity index (χ2n) is 5.27. The summed E-state index contributed by atoms with van der Waals surface area (Å²) in [5, 5.41) is 1.12. The van der Waals surface area contributed by atoms with Crippen molar-refractivity contribution >= 4 is 10.9 Å². The van der Waals surface area contributed by atoms with Crippen LogP contribution in [0.2, 0.25) is 0 Å². The third-order valence-electron chi connectivity index (χ3n) is 4.27. The van der Waals surface area contributed by atoms with Gasteiger partial charge in [0.15, 0.2) is 0 Å². The number of fused-ring (bicyclic) bond motifs is 1. The van der Waals surface area contributed by atoms with Gasteiger partial charge in [0, 0.05) is 18.2 Å². The van der Waals surface area contributed by atoms with Gasteiger partial charge in [0.05, 0.1) is 17.2 Å². The van der Waals surface area contributed by atoms with Gasteiger partial charge in [-0.15, -0.1) is 0 Å². The van der Waals surface area contributed by atoms with Crippen molar-refractivity contribution in [1.29, 1.82) is 0 Å². The van der Waals surface area contributed by atoms with E-state index in [9.17, 15) is 0 Å². The smallest absolute Gasteiger partial charge is 0.0884 e. The molecule has 0 saturated carbocycles. The molecule has 0 aliphatic heterocycles. The highest BCUT2D eigenvalue weighted by Gasteiger charge is 2.37. The Hall–Kier alpha value is -1.49. The first-order chi connectivity index (χ1) is 10.2. The number of hydrogen-bond donors (Lipinski definition) is 2. The van der Waals surface area contributed by atoms with Crippen LogP contribution < -0.4 is 11.3 Å². The minimum atomic E-state index is -0.312. The van der Waals surface area contributed by atoms with Crippen molar-refractivity contribution in [3.63, 3.8) is 0 Å². The van der Waals surface area contributed by atoms with Crippen LogP contribution in [0.4, 0.5) is 0 Å². The summed E-state index contributed by atoms with van der Waals surface area (Å²) in [6, 6.07) is 10.2. The molecule has 0 aliphatic rings. The Kier molecular flexibility index (Phi) is 5.28. The molecular formula is C17H25N3O. The van der Waals surface area contributed by atoms with Crippen LogP contribution in [0.25, 0.3) is 10.9 Å². The lowest BCUT2D eigenvalue weighted by Gasteiger charge is -2.39. The van der Waals surface area contributed by atoms with Crippen LogP contribution in [-0.2, 0) is 4.74 Å². The lowest BCUT2D eigenvalue weighted by atomic mass is 9.84. The van der Waals surface area contributed by atoms with Gasteiger partial charge in [-0.3, -0.25) is 16.3 Å². The first-order valence-electron chi connectivity index (χ1n) is 7.65. The topological polar surface area (TPSA) is 60.2 Å². The molecule has 1 aromatic carbocycles. The Morgan fingerprint density at radius 3 is 2.57 bits per heavy atom. The minimum absolute atomic E-state index is 0.0791. The van der Waals surface area contributed by atoms with Gasteiger partial charge in [-0.2, -0.15) is 0 Å². The van der Waals surface area contributed by atoms with E-state index < -0.39 is 0 Å². The zero-order valence-electron chi connectivity index (χ0n) is 13.1. The van der Waals surface area contributed by atoms with Gasteiger partial charge in [-0.25, -0.2) is 0 Å². The molecule has 0 aliphatic carbocycles. The number of benzene rings is 1. The molecule has 3 N–H and O–H groups in total. The zero-order valence-corrected chi connectivity index (χ0v) is 13.1. The molecule has 0 bridgehead atoms. The van der Waals surface area contributed by atoms with Gasteiger partial charge in [0.2, 0.25) is 0 Å². The van der Waals surface area contributed by atoms with Crippen molar-refractivity contribution in [1.82, 2.24) is 10.4 Å². The summed E-state index contributed by atoms with van der Waals surface area (Å²) < 4.78 is 6.08. The van der Waals surface area contributed by atoms with Crippen molar-refractivity contribution < 1.29 is 4.74 Å². The maximum absolute atomic E-state index is 6.08. The van der Waals surface area contributed by atoms with E-state index in [1.165, 1.54) is 0 Å². The SMILES string of the molecule is CCOC(CC)(CC)C(NN)c1cnc2ccccc2c1. The summed E-state index contributed by atoms with van der Waals surface area (Å²) in [6.45, 7) is 6.96. The van der Waals surface area contributed by atoms with Crippen molar-refractivity contribution in [3.8, 4) is 0 Å². The zero-order chi connectivity index (χ0) is 15.3. The summed E-state index contributed by atoms with van der Waals surface area (Å²) >= 11 is 0. The highest BCUT2D eigenvalue weighted by molar-refractivity contribution is 5.78. The van der Waals surface area contributed by atoms with E-state index in [4.69, 9.17) is 10.6 Å². The third-order valence-corrected chi connectivity index (χ3v) is 4.27. The van der Waals surface area contributed by atoms with E-state index >= 15 is 0 Å². The number of nitrogens with two attached hydrogens (primary N) is 1. The highest BCUT2D eigenvalue weighted by Crippen LogP contribution is 2.35. The lowest BCUT2D eigenvalue weighted by Crippen LogP contribution is -2.48. The van der Waals surface area contributed by atoms with Gasteiger partial charge in [0.1, 0.15) is 0 Å². The molecule has 0 spiro atoms. The molecule has 114 valence electrons. The number of aromatic nitrogens is 1. The van der Waals surface area contributed by atoms with Crippen LogP contribution in [0.1, 0.15) is 45.2 Å². The largest absolute Gasteiger partial charge is 0.373 e. The average molecular weight is 287 g/mol. The molecule has 1 unspecified atom stereocenters. The molecule has 4 nitrogen and oxygen atoms in total. The number of hydrazine groups is 1. The standard InChI is InChI=1S/C17H25N3O/c1-4-17(5-2,21-6-3)16(20-18)14-11-13-9-7-8-10-15(13)19-12-14/h7-12,16,20H,4-6,18H2,1-3H3. The number of para-hydroxylation sites is 1. The Balaban J connectivity index is 2.46. The first kappa shape index (κ1) is 15.9. The molecule has 2 aromatic rings. The third kappa shape index (κ3) is 3.07. The van der Waals surface area contributed by atoms with Crippen molar-refractivity contribution in [3.05, 3.63) is 42.1 Å². The Morgan fingerprint density at radius 2 is 1.95 bits per heavy atom. The van der Waals surface area contributed by atoms with Crippen LogP contribution in [-0.4, -0.2) is 17.2 Å². The van der Waals surface area contributed by atoms with Gasteiger partial charge >= 0.3 is 0 Å². The van der Waals surface area contributed by atoms with E-state index in [1.807, 2.05) is 31.3 Å². The van der Waals surface area contributed by atoms with Crippen molar-refractivity contribution in [2.75, 3.05) is 6.61 Å². The van der Waals surface area contributed by atoms with Gasteiger partial charge in [0.25, 0.3) is 0 Å². The molecule has 0 amide bonds. The van der Waals surface area contributed by atoms with Gasteiger partial charge < -0.3 is 4.74 Å². The van der Waals surface area contributed by atoms with E-state index in [0.717, 1.165) is 29.3 Å². The second-order valence-corrected chi connectivity index (χ2v) is 5.27. The number of ether oxygens (including phenoxy) is 1. The van der Waals surface area contributed by atoms with Crippen LogP contribution in [0.15, 0.2) is 36.5 Å². The fourth-order valence-electron chi connectivity index (χ4n) is 3.03. The van der Waals surface area contributed by atoms with Crippen molar-refractivity contribution in [2.45, 2.75) is 45.3 Å². The molecule has 1 heterocycles. The Bertz CT molecular complexity index is 581. The van der Waals surface area contributed by atoms with Gasteiger partial charge in [-0.1, -0.05) is 32.0 Å². The molecule has 2 rings (SSSR count). The number of pyridine rings is 1. The summed E-state index contributed by atoms with van der Waals surface area (Å²) in [4.78, 5) is 4.54. The molecule has 0 radical (unpaired) electrons. The summed E-state index contributed by atoms with van der Waals surface area (Å²) in [5.74, 6) is 5.86. The number of nitrogens with one attached hydrogen (secondary N) is 1. The molecule has 0 saturated heterocycles. The molecule has 0 fully saturated rings. The molecule has 1 aromatic heterocycles. The van der Waals surface area contributed by atoms with Crippen LogP contribution in [0, 0.1) is 0 Å². The molecular weight excluding hydrogens is 262 g/mol. The lowest BCUT2D eigenvalue weighted by molar-refractivity contribution is -0.0734. The maximum Gasteiger partial charge on any atom is 0.0884 e. The van der Waals surface area contributed by atoms with Crippen molar-refractivity contribution in [2.24, 2.45) is 5.84 Å². The molecule has 4 heteroatoms. The first-order valence-corrected chi connectivity index (χ1v) is 7.65. The van der Waals surface area contributed by atoms with Crippen LogP contribution in [0.3, 0.4) is 0 Å². The summed E-state index contributed by atoms with van der Waals surface area (Å²) in [7, 11) is 0. The minimum Gasteiger partial charge on any atom is -0.373 e. The Labute approximate surface area is 126 Å². The molecule has 21 heavy (non-hydrogen) atoms. The van der Waals surface area contributed by atoms with E-state index in [0.29, 0.717) is 6.61 Å². The number of hydrogen-bond acceptors (Lipinski definition) is 4. The highest BCUT2D eigenvalue weighted by atomic mass is 16.5. The van der Waals surface area contributed by atoms with E-state index in [-0.39, 0.29) is 11.6 Å². The monoisotopic (exact) mass is 287 g/mol. The normalized spacial score (nSPS) is 13.5. The predicted molar refractivity (Wildman–Crippen MR) is 86.7 cm³/mol. The number of rotatable bonds is 7. The average Bonchev–Trinajstić information content (AvgIpc) is 2.54.